The summed E-state index contributed by atoms with van der Waals surface area (Å²) in [6.07, 6.45) is 2.26. The summed E-state index contributed by atoms with van der Waals surface area (Å²) in [7, 11) is 0. The molecule has 0 aliphatic rings. The lowest BCUT2D eigenvalue weighted by atomic mass is 10.2. The summed E-state index contributed by atoms with van der Waals surface area (Å²) in [5, 5.41) is 0. The molecule has 0 aromatic heterocycles. The zero-order valence-corrected chi connectivity index (χ0v) is 10.6. The Kier molecular flexibility index (Phi) is 6.15. The van der Waals surface area contributed by atoms with E-state index in [9.17, 15) is 4.79 Å². The molecular formula is C14H20O3. The van der Waals surface area contributed by atoms with E-state index in [1.807, 2.05) is 31.2 Å². The van der Waals surface area contributed by atoms with Gasteiger partial charge in [0.15, 0.2) is 0 Å². The maximum atomic E-state index is 11.3. The largest absolute Gasteiger partial charge is 0.493 e. The lowest BCUT2D eigenvalue weighted by Crippen LogP contribution is -2.10. The van der Waals surface area contributed by atoms with Crippen LogP contribution in [0.4, 0.5) is 0 Å². The molecule has 0 radical (unpaired) electrons. The van der Waals surface area contributed by atoms with E-state index < -0.39 is 0 Å². The molecule has 0 fully saturated rings. The number of esters is 1. The van der Waals surface area contributed by atoms with Gasteiger partial charge in [-0.1, -0.05) is 25.5 Å². The van der Waals surface area contributed by atoms with Gasteiger partial charge >= 0.3 is 5.97 Å². The van der Waals surface area contributed by atoms with Crippen LogP contribution in [0.1, 0.15) is 31.7 Å². The van der Waals surface area contributed by atoms with E-state index in [1.54, 1.807) is 0 Å². The molecule has 1 aromatic carbocycles. The second-order valence-corrected chi connectivity index (χ2v) is 3.99. The van der Waals surface area contributed by atoms with Crippen molar-refractivity contribution in [3.63, 3.8) is 0 Å². The first-order valence-electron chi connectivity index (χ1n) is 6.07. The highest BCUT2D eigenvalue weighted by atomic mass is 16.5. The standard InChI is InChI=1S/C14H20O3/c1-3-4-9-17-14(15)8-10-16-13-7-5-6-12(2)11-13/h5-7,11H,3-4,8-10H2,1-2H3. The van der Waals surface area contributed by atoms with Crippen LogP contribution in [0.5, 0.6) is 5.75 Å². The molecule has 3 nitrogen and oxygen atoms in total. The average Bonchev–Trinajstić information content (AvgIpc) is 2.29. The Morgan fingerprint density at radius 3 is 2.82 bits per heavy atom. The molecular weight excluding hydrogens is 216 g/mol. The molecule has 3 heteroatoms. The summed E-state index contributed by atoms with van der Waals surface area (Å²) in [5.74, 6) is 0.609. The first kappa shape index (κ1) is 13.6. The quantitative estimate of drug-likeness (QED) is 0.539. The summed E-state index contributed by atoms with van der Waals surface area (Å²) in [4.78, 5) is 11.3. The molecule has 94 valence electrons. The predicted octanol–water partition coefficient (Wildman–Crippen LogP) is 3.11. The zero-order valence-electron chi connectivity index (χ0n) is 10.6. The smallest absolute Gasteiger partial charge is 0.309 e. The number of hydrogen-bond acceptors (Lipinski definition) is 3. The molecule has 0 aliphatic heterocycles. The third-order valence-electron chi connectivity index (χ3n) is 2.33. The Hall–Kier alpha value is -1.51. The number of benzene rings is 1. The van der Waals surface area contributed by atoms with Crippen molar-refractivity contribution in [1.82, 2.24) is 0 Å². The second kappa shape index (κ2) is 7.71. The normalized spacial score (nSPS) is 10.0. The minimum Gasteiger partial charge on any atom is -0.493 e. The first-order chi connectivity index (χ1) is 8.22. The first-order valence-corrected chi connectivity index (χ1v) is 6.07. The van der Waals surface area contributed by atoms with Crippen molar-refractivity contribution in [2.45, 2.75) is 33.1 Å². The van der Waals surface area contributed by atoms with Crippen LogP contribution < -0.4 is 4.74 Å². The van der Waals surface area contributed by atoms with Gasteiger partial charge in [0.1, 0.15) is 5.75 Å². The SMILES string of the molecule is CCCCOC(=O)CCOc1cccc(C)c1. The van der Waals surface area contributed by atoms with Crippen LogP contribution in [0.25, 0.3) is 0 Å². The molecule has 0 bridgehead atoms. The third-order valence-corrected chi connectivity index (χ3v) is 2.33. The topological polar surface area (TPSA) is 35.5 Å². The highest BCUT2D eigenvalue weighted by Gasteiger charge is 2.02. The van der Waals surface area contributed by atoms with Gasteiger partial charge in [-0.2, -0.15) is 0 Å². The molecule has 0 atom stereocenters. The van der Waals surface area contributed by atoms with Crippen molar-refractivity contribution in [2.24, 2.45) is 0 Å². The van der Waals surface area contributed by atoms with Gasteiger partial charge in [-0.25, -0.2) is 0 Å². The fraction of sp³-hybridized carbons (Fsp3) is 0.500. The molecule has 17 heavy (non-hydrogen) atoms. The summed E-state index contributed by atoms with van der Waals surface area (Å²) >= 11 is 0. The second-order valence-electron chi connectivity index (χ2n) is 3.99. The summed E-state index contributed by atoms with van der Waals surface area (Å²) in [6, 6.07) is 7.77. The van der Waals surface area contributed by atoms with Gasteiger partial charge in [0, 0.05) is 0 Å². The van der Waals surface area contributed by atoms with E-state index >= 15 is 0 Å². The molecule has 0 spiro atoms. The molecule has 0 heterocycles. The number of carbonyl (C=O) groups excluding carboxylic acids is 1. The Morgan fingerprint density at radius 2 is 2.12 bits per heavy atom. The van der Waals surface area contributed by atoms with Crippen LogP contribution in [-0.4, -0.2) is 19.2 Å². The molecule has 0 unspecified atom stereocenters. The molecule has 0 amide bonds. The highest BCUT2D eigenvalue weighted by molar-refractivity contribution is 5.69. The molecule has 1 aromatic rings. The van der Waals surface area contributed by atoms with Crippen molar-refractivity contribution in [2.75, 3.05) is 13.2 Å². The molecule has 0 saturated carbocycles. The fourth-order valence-electron chi connectivity index (χ4n) is 1.36. The van der Waals surface area contributed by atoms with Gasteiger partial charge in [0.2, 0.25) is 0 Å². The van der Waals surface area contributed by atoms with Crippen LogP contribution >= 0.6 is 0 Å². The lowest BCUT2D eigenvalue weighted by Gasteiger charge is -2.07. The summed E-state index contributed by atoms with van der Waals surface area (Å²) in [5.41, 5.74) is 1.15. The predicted molar refractivity (Wildman–Crippen MR) is 67.2 cm³/mol. The van der Waals surface area contributed by atoms with Crippen LogP contribution in [0.3, 0.4) is 0 Å². The maximum Gasteiger partial charge on any atom is 0.309 e. The van der Waals surface area contributed by atoms with Gasteiger partial charge in [-0.3, -0.25) is 4.79 Å². The number of unbranched alkanes of at least 4 members (excludes halogenated alkanes) is 1. The number of hydrogen-bond donors (Lipinski definition) is 0. The molecule has 0 aliphatic carbocycles. The number of carbonyl (C=O) groups is 1. The summed E-state index contributed by atoms with van der Waals surface area (Å²) < 4.78 is 10.5. The van der Waals surface area contributed by atoms with Crippen LogP contribution in [0.15, 0.2) is 24.3 Å². The number of ether oxygens (including phenoxy) is 2. The molecule has 1 rings (SSSR count). The number of aryl methyl sites for hydroxylation is 1. The van der Waals surface area contributed by atoms with E-state index in [0.717, 1.165) is 24.2 Å². The molecule has 0 saturated heterocycles. The van der Waals surface area contributed by atoms with E-state index in [4.69, 9.17) is 9.47 Å². The third kappa shape index (κ3) is 5.95. The van der Waals surface area contributed by atoms with Crippen molar-refractivity contribution in [1.29, 1.82) is 0 Å². The van der Waals surface area contributed by atoms with Crippen LogP contribution in [-0.2, 0) is 9.53 Å². The Labute approximate surface area is 103 Å². The van der Waals surface area contributed by atoms with Crippen molar-refractivity contribution in [3.8, 4) is 5.75 Å². The van der Waals surface area contributed by atoms with Gasteiger partial charge < -0.3 is 9.47 Å². The van der Waals surface area contributed by atoms with Crippen molar-refractivity contribution >= 4 is 5.97 Å². The highest BCUT2D eigenvalue weighted by Crippen LogP contribution is 2.12. The van der Waals surface area contributed by atoms with Crippen molar-refractivity contribution in [3.05, 3.63) is 29.8 Å². The van der Waals surface area contributed by atoms with Crippen LogP contribution in [0, 0.1) is 6.92 Å². The zero-order chi connectivity index (χ0) is 12.5. The monoisotopic (exact) mass is 236 g/mol. The fourth-order valence-corrected chi connectivity index (χ4v) is 1.36. The Bertz CT molecular complexity index is 347. The minimum atomic E-state index is -0.189. The average molecular weight is 236 g/mol. The Balaban J connectivity index is 2.17. The molecule has 0 N–H and O–H groups in total. The maximum absolute atomic E-state index is 11.3. The van der Waals surface area contributed by atoms with E-state index in [-0.39, 0.29) is 5.97 Å². The van der Waals surface area contributed by atoms with E-state index in [2.05, 4.69) is 6.92 Å². The van der Waals surface area contributed by atoms with Gasteiger partial charge in [0.25, 0.3) is 0 Å². The summed E-state index contributed by atoms with van der Waals surface area (Å²) in [6.45, 7) is 4.95. The van der Waals surface area contributed by atoms with Gasteiger partial charge in [-0.15, -0.1) is 0 Å². The number of rotatable bonds is 7. The van der Waals surface area contributed by atoms with E-state index in [1.165, 1.54) is 0 Å². The van der Waals surface area contributed by atoms with E-state index in [0.29, 0.717) is 19.6 Å². The van der Waals surface area contributed by atoms with Gasteiger partial charge in [0.05, 0.1) is 19.6 Å². The van der Waals surface area contributed by atoms with Crippen molar-refractivity contribution < 1.29 is 14.3 Å². The lowest BCUT2D eigenvalue weighted by molar-refractivity contribution is -0.144. The minimum absolute atomic E-state index is 0.189. The Morgan fingerprint density at radius 1 is 1.29 bits per heavy atom. The van der Waals surface area contributed by atoms with Gasteiger partial charge in [-0.05, 0) is 31.0 Å². The van der Waals surface area contributed by atoms with Crippen LogP contribution in [0.2, 0.25) is 0 Å².